The van der Waals surface area contributed by atoms with Crippen molar-refractivity contribution in [2.45, 2.75) is 25.6 Å². The molecule has 2 atom stereocenters. The summed E-state index contributed by atoms with van der Waals surface area (Å²) >= 11 is 6.05. The normalized spacial score (nSPS) is 17.9. The Balaban J connectivity index is 1.49. The number of aromatic nitrogens is 5. The van der Waals surface area contributed by atoms with Crippen molar-refractivity contribution in [2.24, 2.45) is 0 Å². The van der Waals surface area contributed by atoms with Crippen molar-refractivity contribution in [2.75, 3.05) is 12.0 Å². The van der Waals surface area contributed by atoms with Gasteiger partial charge in [0, 0.05) is 17.6 Å². The average molecular weight is 467 g/mol. The Morgan fingerprint density at radius 1 is 1.12 bits per heavy atom. The molecule has 4 aromatic rings. The van der Waals surface area contributed by atoms with Gasteiger partial charge in [-0.25, -0.2) is 9.48 Å². The zero-order valence-corrected chi connectivity index (χ0v) is 18.5. The van der Waals surface area contributed by atoms with Crippen LogP contribution in [0.2, 0.25) is 5.02 Å². The molecule has 2 aromatic heterocycles. The number of nitrogens with zero attached hydrogens (tertiary/aromatic N) is 6. The molecule has 1 aliphatic rings. The van der Waals surface area contributed by atoms with Gasteiger partial charge in [-0.05, 0) is 42.0 Å². The Morgan fingerprint density at radius 2 is 1.94 bits per heavy atom. The summed E-state index contributed by atoms with van der Waals surface area (Å²) in [6.07, 6.45) is 0.649. The van der Waals surface area contributed by atoms with Crippen molar-refractivity contribution in [1.82, 2.24) is 25.2 Å². The summed E-state index contributed by atoms with van der Waals surface area (Å²) in [5, 5.41) is 16.6. The summed E-state index contributed by atoms with van der Waals surface area (Å²) in [7, 11) is 1.60. The van der Waals surface area contributed by atoms with Gasteiger partial charge in [-0.3, -0.25) is 4.90 Å². The minimum Gasteiger partial charge on any atom is -0.497 e. The second-order valence-corrected chi connectivity index (χ2v) is 7.88. The molecule has 33 heavy (non-hydrogen) atoms. The van der Waals surface area contributed by atoms with Gasteiger partial charge in [0.25, 0.3) is 5.89 Å². The lowest BCUT2D eigenvalue weighted by atomic mass is 9.99. The molecular weight excluding hydrogens is 448 g/mol. The maximum atomic E-state index is 13.0. The van der Waals surface area contributed by atoms with Crippen molar-refractivity contribution in [3.8, 4) is 17.3 Å². The summed E-state index contributed by atoms with van der Waals surface area (Å²) in [4.78, 5) is 14.6. The molecule has 0 saturated carbocycles. The van der Waals surface area contributed by atoms with Gasteiger partial charge in [0.1, 0.15) is 17.9 Å². The Morgan fingerprint density at radius 3 is 2.67 bits per heavy atom. The average Bonchev–Trinajstić information content (AvgIpc) is 3.53. The maximum absolute atomic E-state index is 13.0. The maximum Gasteiger partial charge on any atom is 0.415 e. The summed E-state index contributed by atoms with van der Waals surface area (Å²) in [6, 6.07) is 14.1. The molecular formula is C22H19ClN6O4. The van der Waals surface area contributed by atoms with E-state index in [9.17, 15) is 4.79 Å². The lowest BCUT2D eigenvalue weighted by Crippen LogP contribution is -2.31. The molecule has 0 aliphatic carbocycles. The quantitative estimate of drug-likeness (QED) is 0.418. The predicted octanol–water partition coefficient (Wildman–Crippen LogP) is 4.07. The third-order valence-corrected chi connectivity index (χ3v) is 5.52. The van der Waals surface area contributed by atoms with E-state index < -0.39 is 18.2 Å². The fourth-order valence-corrected chi connectivity index (χ4v) is 3.92. The van der Waals surface area contributed by atoms with E-state index in [4.69, 9.17) is 25.5 Å². The van der Waals surface area contributed by atoms with Crippen LogP contribution in [0.3, 0.4) is 0 Å². The highest BCUT2D eigenvalue weighted by molar-refractivity contribution is 6.30. The number of aryl methyl sites for hydroxylation is 1. The van der Waals surface area contributed by atoms with E-state index in [-0.39, 0.29) is 12.4 Å². The number of anilines is 1. The largest absolute Gasteiger partial charge is 0.497 e. The SMILES string of the molecule is COc1cccc([C@H]2[C@H](Cn3cc(-c4nnc(C)o4)nn3)OC(=O)N2c2ccc(Cl)cc2)c1. The van der Waals surface area contributed by atoms with E-state index in [1.54, 1.807) is 54.1 Å². The van der Waals surface area contributed by atoms with Crippen molar-refractivity contribution >= 4 is 23.4 Å². The molecule has 1 saturated heterocycles. The van der Waals surface area contributed by atoms with Crippen LogP contribution in [-0.4, -0.2) is 44.5 Å². The molecule has 1 aliphatic heterocycles. The number of benzene rings is 2. The molecule has 5 rings (SSSR count). The number of halogens is 1. The lowest BCUT2D eigenvalue weighted by Gasteiger charge is -2.25. The van der Waals surface area contributed by atoms with Crippen LogP contribution in [0.4, 0.5) is 10.5 Å². The van der Waals surface area contributed by atoms with E-state index in [1.807, 2.05) is 24.3 Å². The van der Waals surface area contributed by atoms with Crippen LogP contribution in [-0.2, 0) is 11.3 Å². The van der Waals surface area contributed by atoms with Gasteiger partial charge in [0.15, 0.2) is 5.69 Å². The number of methoxy groups -OCH3 is 1. The highest BCUT2D eigenvalue weighted by atomic mass is 35.5. The van der Waals surface area contributed by atoms with Gasteiger partial charge in [-0.1, -0.05) is 28.9 Å². The summed E-state index contributed by atoms with van der Waals surface area (Å²) in [5.41, 5.74) is 1.96. The van der Waals surface area contributed by atoms with Crippen LogP contribution < -0.4 is 9.64 Å². The van der Waals surface area contributed by atoms with Crippen LogP contribution >= 0.6 is 11.6 Å². The zero-order chi connectivity index (χ0) is 22.9. The summed E-state index contributed by atoms with van der Waals surface area (Å²) < 4.78 is 18.2. The molecule has 3 heterocycles. The first-order valence-corrected chi connectivity index (χ1v) is 10.5. The first kappa shape index (κ1) is 21.0. The minimum absolute atomic E-state index is 0.262. The summed E-state index contributed by atoms with van der Waals surface area (Å²) in [6.45, 7) is 1.96. The molecule has 2 aromatic carbocycles. The van der Waals surface area contributed by atoms with E-state index >= 15 is 0 Å². The molecule has 10 nitrogen and oxygen atoms in total. The van der Waals surface area contributed by atoms with Gasteiger partial charge < -0.3 is 13.9 Å². The van der Waals surface area contributed by atoms with Crippen molar-refractivity contribution in [1.29, 1.82) is 0 Å². The van der Waals surface area contributed by atoms with Gasteiger partial charge >= 0.3 is 6.09 Å². The molecule has 0 bridgehead atoms. The third kappa shape index (κ3) is 4.12. The molecule has 0 radical (unpaired) electrons. The Hall–Kier alpha value is -3.92. The van der Waals surface area contributed by atoms with E-state index in [1.165, 1.54) is 0 Å². The number of carbonyl (C=O) groups is 1. The molecule has 0 N–H and O–H groups in total. The van der Waals surface area contributed by atoms with Crippen LogP contribution in [0.15, 0.2) is 59.1 Å². The van der Waals surface area contributed by atoms with Crippen LogP contribution in [0.1, 0.15) is 17.5 Å². The fraction of sp³-hybridized carbons (Fsp3) is 0.227. The molecule has 0 unspecified atom stereocenters. The van der Waals surface area contributed by atoms with Gasteiger partial charge in [0.2, 0.25) is 5.89 Å². The standard InChI is InChI=1S/C22H19ClN6O4/c1-13-24-26-21(32-13)18-11-28(27-25-18)12-19-20(14-4-3-5-17(10-14)31-2)29(22(30)33-19)16-8-6-15(23)7-9-16/h3-11,19-20H,12H2,1-2H3/t19-,20-/m0/s1. The van der Waals surface area contributed by atoms with Crippen LogP contribution in [0, 0.1) is 6.92 Å². The zero-order valence-electron chi connectivity index (χ0n) is 17.8. The van der Waals surface area contributed by atoms with Gasteiger partial charge in [-0.15, -0.1) is 15.3 Å². The van der Waals surface area contributed by atoms with E-state index in [2.05, 4.69) is 20.5 Å². The fourth-order valence-electron chi connectivity index (χ4n) is 3.79. The summed E-state index contributed by atoms with van der Waals surface area (Å²) in [5.74, 6) is 1.38. The number of carbonyl (C=O) groups excluding carboxylic acids is 1. The van der Waals surface area contributed by atoms with Crippen molar-refractivity contribution in [3.63, 3.8) is 0 Å². The van der Waals surface area contributed by atoms with Crippen molar-refractivity contribution in [3.05, 3.63) is 71.2 Å². The third-order valence-electron chi connectivity index (χ3n) is 5.27. The van der Waals surface area contributed by atoms with Crippen molar-refractivity contribution < 1.29 is 18.7 Å². The van der Waals surface area contributed by atoms with Crippen LogP contribution in [0.25, 0.3) is 11.6 Å². The topological polar surface area (TPSA) is 108 Å². The molecule has 1 amide bonds. The Bertz CT molecular complexity index is 1290. The highest BCUT2D eigenvalue weighted by Gasteiger charge is 2.44. The lowest BCUT2D eigenvalue weighted by molar-refractivity contribution is 0.117. The second-order valence-electron chi connectivity index (χ2n) is 7.44. The molecule has 0 spiro atoms. The Labute approximate surface area is 193 Å². The van der Waals surface area contributed by atoms with Crippen LogP contribution in [0.5, 0.6) is 5.75 Å². The molecule has 1 fully saturated rings. The number of ether oxygens (including phenoxy) is 2. The first-order chi connectivity index (χ1) is 16.0. The molecule has 168 valence electrons. The predicted molar refractivity (Wildman–Crippen MR) is 118 cm³/mol. The number of amides is 1. The minimum atomic E-state index is -0.556. The Kier molecular flexibility index (Phi) is 5.43. The number of cyclic esters (lactones) is 1. The smallest absolute Gasteiger partial charge is 0.415 e. The number of hydrogen-bond acceptors (Lipinski definition) is 8. The first-order valence-electron chi connectivity index (χ1n) is 10.1. The highest BCUT2D eigenvalue weighted by Crippen LogP contribution is 2.39. The van der Waals surface area contributed by atoms with Gasteiger partial charge in [-0.2, -0.15) is 0 Å². The van der Waals surface area contributed by atoms with E-state index in [0.29, 0.717) is 28.0 Å². The monoisotopic (exact) mass is 466 g/mol. The van der Waals surface area contributed by atoms with E-state index in [0.717, 1.165) is 5.56 Å². The second kappa shape index (κ2) is 8.55. The van der Waals surface area contributed by atoms with Gasteiger partial charge in [0.05, 0.1) is 19.9 Å². The number of hydrogen-bond donors (Lipinski definition) is 0. The molecule has 11 heteroatoms. The number of rotatable bonds is 6.